The Bertz CT molecular complexity index is 625. The molecule has 124 valence electrons. The summed E-state index contributed by atoms with van der Waals surface area (Å²) in [7, 11) is 0. The maximum atomic E-state index is 12.3. The predicted molar refractivity (Wildman–Crippen MR) is 93.9 cm³/mol. The maximum Gasteiger partial charge on any atom is 0.261 e. The topological polar surface area (TPSA) is 62.2 Å². The second-order valence-electron chi connectivity index (χ2n) is 5.73. The number of amides is 1. The molecule has 2 aromatic rings. The highest BCUT2D eigenvalue weighted by atomic mass is 32.1. The SMILES string of the molecule is CCCc1cc(C(=O)NCC(CO)Cc2ccccn2)sc1C. The van der Waals surface area contributed by atoms with Crippen LogP contribution >= 0.6 is 11.3 Å². The van der Waals surface area contributed by atoms with E-state index in [1.807, 2.05) is 24.3 Å². The molecule has 2 rings (SSSR count). The van der Waals surface area contributed by atoms with Crippen molar-refractivity contribution in [1.82, 2.24) is 10.3 Å². The molecule has 0 radical (unpaired) electrons. The van der Waals surface area contributed by atoms with E-state index in [-0.39, 0.29) is 18.4 Å². The summed E-state index contributed by atoms with van der Waals surface area (Å²) in [5, 5.41) is 12.4. The molecule has 0 fully saturated rings. The summed E-state index contributed by atoms with van der Waals surface area (Å²) in [6.45, 7) is 4.68. The van der Waals surface area contributed by atoms with Crippen LogP contribution in [-0.4, -0.2) is 29.1 Å². The Morgan fingerprint density at radius 2 is 2.26 bits per heavy atom. The summed E-state index contributed by atoms with van der Waals surface area (Å²) in [5.74, 6) is -0.0788. The molecular formula is C18H24N2O2S. The molecule has 0 aliphatic heterocycles. The molecule has 1 atom stereocenters. The lowest BCUT2D eigenvalue weighted by Gasteiger charge is -2.14. The van der Waals surface area contributed by atoms with Gasteiger partial charge < -0.3 is 10.4 Å². The zero-order valence-corrected chi connectivity index (χ0v) is 14.5. The Labute approximate surface area is 141 Å². The Morgan fingerprint density at radius 3 is 2.91 bits per heavy atom. The molecule has 0 aliphatic carbocycles. The quantitative estimate of drug-likeness (QED) is 0.781. The summed E-state index contributed by atoms with van der Waals surface area (Å²) in [6, 6.07) is 7.72. The summed E-state index contributed by atoms with van der Waals surface area (Å²) in [5.41, 5.74) is 2.19. The van der Waals surface area contributed by atoms with Gasteiger partial charge in [-0.15, -0.1) is 11.3 Å². The van der Waals surface area contributed by atoms with Gasteiger partial charge in [-0.3, -0.25) is 9.78 Å². The number of aryl methyl sites for hydroxylation is 2. The molecule has 23 heavy (non-hydrogen) atoms. The van der Waals surface area contributed by atoms with Gasteiger partial charge in [0.05, 0.1) is 4.88 Å². The van der Waals surface area contributed by atoms with Gasteiger partial charge in [0.25, 0.3) is 5.91 Å². The zero-order chi connectivity index (χ0) is 16.7. The molecule has 5 heteroatoms. The third-order valence-electron chi connectivity index (χ3n) is 3.80. The molecule has 1 unspecified atom stereocenters. The van der Waals surface area contributed by atoms with Crippen molar-refractivity contribution in [2.45, 2.75) is 33.1 Å². The van der Waals surface area contributed by atoms with Gasteiger partial charge >= 0.3 is 0 Å². The standard InChI is InChI=1S/C18H24N2O2S/c1-3-6-15-10-17(23-13(15)2)18(22)20-11-14(12-21)9-16-7-4-5-8-19-16/h4-5,7-8,10,14,21H,3,6,9,11-12H2,1-2H3,(H,20,22). The second-order valence-corrected chi connectivity index (χ2v) is 6.98. The van der Waals surface area contributed by atoms with Crippen LogP contribution in [0.25, 0.3) is 0 Å². The molecule has 2 aromatic heterocycles. The number of nitrogens with zero attached hydrogens (tertiary/aromatic N) is 1. The van der Waals surface area contributed by atoms with Gasteiger partial charge in [0.2, 0.25) is 0 Å². The van der Waals surface area contributed by atoms with E-state index in [9.17, 15) is 9.90 Å². The van der Waals surface area contributed by atoms with Crippen LogP contribution in [0.2, 0.25) is 0 Å². The van der Waals surface area contributed by atoms with Gasteiger partial charge in [-0.2, -0.15) is 0 Å². The summed E-state index contributed by atoms with van der Waals surface area (Å²) >= 11 is 1.54. The minimum Gasteiger partial charge on any atom is -0.396 e. The third-order valence-corrected chi connectivity index (χ3v) is 4.89. The van der Waals surface area contributed by atoms with Gasteiger partial charge in [-0.1, -0.05) is 19.4 Å². The number of hydrogen-bond acceptors (Lipinski definition) is 4. The van der Waals surface area contributed by atoms with Gasteiger partial charge in [-0.05, 0) is 43.5 Å². The molecule has 4 nitrogen and oxygen atoms in total. The van der Waals surface area contributed by atoms with Crippen LogP contribution in [0.4, 0.5) is 0 Å². The van der Waals surface area contributed by atoms with Crippen molar-refractivity contribution < 1.29 is 9.90 Å². The van der Waals surface area contributed by atoms with Crippen molar-refractivity contribution in [1.29, 1.82) is 0 Å². The number of carbonyl (C=O) groups excluding carboxylic acids is 1. The zero-order valence-electron chi connectivity index (χ0n) is 13.7. The number of pyridine rings is 1. The van der Waals surface area contributed by atoms with Crippen LogP contribution in [0.3, 0.4) is 0 Å². The Balaban J connectivity index is 1.90. The average Bonchev–Trinajstić information content (AvgIpc) is 2.93. The number of aromatic nitrogens is 1. The minimum atomic E-state index is -0.0556. The number of nitrogens with one attached hydrogen (secondary N) is 1. The minimum absolute atomic E-state index is 0.0231. The number of carbonyl (C=O) groups is 1. The molecule has 0 saturated heterocycles. The van der Waals surface area contributed by atoms with E-state index in [0.717, 1.165) is 23.4 Å². The van der Waals surface area contributed by atoms with Crippen molar-refractivity contribution in [2.75, 3.05) is 13.2 Å². The monoisotopic (exact) mass is 332 g/mol. The van der Waals surface area contributed by atoms with E-state index in [1.165, 1.54) is 21.8 Å². The first-order valence-corrected chi connectivity index (χ1v) is 8.84. The van der Waals surface area contributed by atoms with Crippen LogP contribution in [0.15, 0.2) is 30.5 Å². The van der Waals surface area contributed by atoms with Gasteiger partial charge in [0.1, 0.15) is 0 Å². The lowest BCUT2D eigenvalue weighted by atomic mass is 10.0. The molecule has 0 aliphatic rings. The second kappa shape index (κ2) is 8.79. The first kappa shape index (κ1) is 17.6. The lowest BCUT2D eigenvalue weighted by molar-refractivity contribution is 0.0944. The van der Waals surface area contributed by atoms with E-state index in [0.29, 0.717) is 13.0 Å². The van der Waals surface area contributed by atoms with E-state index in [4.69, 9.17) is 0 Å². The van der Waals surface area contributed by atoms with Crippen LogP contribution in [-0.2, 0) is 12.8 Å². The maximum absolute atomic E-state index is 12.3. The number of hydrogen-bond donors (Lipinski definition) is 2. The predicted octanol–water partition coefficient (Wildman–Crippen LogP) is 2.99. The molecule has 0 bridgehead atoms. The fourth-order valence-electron chi connectivity index (χ4n) is 2.49. The van der Waals surface area contributed by atoms with Gasteiger partial charge in [0, 0.05) is 35.8 Å². The Morgan fingerprint density at radius 1 is 1.43 bits per heavy atom. The fraction of sp³-hybridized carbons (Fsp3) is 0.444. The van der Waals surface area contributed by atoms with Crippen molar-refractivity contribution in [3.05, 3.63) is 51.5 Å². The van der Waals surface area contributed by atoms with Crippen molar-refractivity contribution in [2.24, 2.45) is 5.92 Å². The number of thiophene rings is 1. The highest BCUT2D eigenvalue weighted by Crippen LogP contribution is 2.22. The van der Waals surface area contributed by atoms with Crippen LogP contribution < -0.4 is 5.32 Å². The number of aliphatic hydroxyl groups excluding tert-OH is 1. The average molecular weight is 332 g/mol. The van der Waals surface area contributed by atoms with Crippen molar-refractivity contribution in [3.63, 3.8) is 0 Å². The van der Waals surface area contributed by atoms with E-state index < -0.39 is 0 Å². The van der Waals surface area contributed by atoms with Crippen LogP contribution in [0, 0.1) is 12.8 Å². The molecule has 2 N–H and O–H groups in total. The molecule has 0 aromatic carbocycles. The smallest absolute Gasteiger partial charge is 0.261 e. The molecule has 0 spiro atoms. The molecule has 0 saturated carbocycles. The Hall–Kier alpha value is -1.72. The highest BCUT2D eigenvalue weighted by molar-refractivity contribution is 7.14. The normalized spacial score (nSPS) is 12.1. The highest BCUT2D eigenvalue weighted by Gasteiger charge is 2.15. The number of aliphatic hydroxyl groups is 1. The fourth-order valence-corrected chi connectivity index (χ4v) is 3.48. The largest absolute Gasteiger partial charge is 0.396 e. The van der Waals surface area contributed by atoms with Crippen molar-refractivity contribution >= 4 is 17.2 Å². The molecule has 2 heterocycles. The summed E-state index contributed by atoms with van der Waals surface area (Å²) in [6.07, 6.45) is 4.48. The van der Waals surface area contributed by atoms with Crippen molar-refractivity contribution in [3.8, 4) is 0 Å². The number of rotatable bonds is 8. The lowest BCUT2D eigenvalue weighted by Crippen LogP contribution is -2.31. The van der Waals surface area contributed by atoms with Crippen LogP contribution in [0.1, 0.15) is 39.2 Å². The molecule has 1 amide bonds. The van der Waals surface area contributed by atoms with Gasteiger partial charge in [-0.25, -0.2) is 0 Å². The Kier molecular flexibility index (Phi) is 6.74. The summed E-state index contributed by atoms with van der Waals surface area (Å²) in [4.78, 5) is 18.5. The van der Waals surface area contributed by atoms with Crippen LogP contribution in [0.5, 0.6) is 0 Å². The molecular weight excluding hydrogens is 308 g/mol. The van der Waals surface area contributed by atoms with E-state index in [2.05, 4.69) is 24.1 Å². The first-order valence-electron chi connectivity index (χ1n) is 8.02. The van der Waals surface area contributed by atoms with Gasteiger partial charge in [0.15, 0.2) is 0 Å². The van der Waals surface area contributed by atoms with E-state index >= 15 is 0 Å². The third kappa shape index (κ3) is 5.15. The van der Waals surface area contributed by atoms with E-state index in [1.54, 1.807) is 6.20 Å². The first-order chi connectivity index (χ1) is 11.1. The summed E-state index contributed by atoms with van der Waals surface area (Å²) < 4.78 is 0.